The number of hydrogen-bond donors (Lipinski definition) is 3. The first-order chi connectivity index (χ1) is 25.1. The lowest BCUT2D eigenvalue weighted by molar-refractivity contribution is -0.142. The van der Waals surface area contributed by atoms with Crippen molar-refractivity contribution in [2.75, 3.05) is 27.4 Å². The molecule has 0 saturated heterocycles. The highest BCUT2D eigenvalue weighted by atomic mass is 32.3. The van der Waals surface area contributed by atoms with Crippen molar-refractivity contribution >= 4 is 28.7 Å². The third kappa shape index (κ3) is 21.9. The highest BCUT2D eigenvalue weighted by Crippen LogP contribution is 2.20. The molecule has 6 atom stereocenters. The van der Waals surface area contributed by atoms with Crippen molar-refractivity contribution < 1.29 is 45.7 Å². The molecule has 294 valence electrons. The Kier molecular flexibility index (Phi) is 22.8. The molecule has 13 heteroatoms. The summed E-state index contributed by atoms with van der Waals surface area (Å²) in [5.74, 6) is -1.48. The van der Waals surface area contributed by atoms with E-state index in [-0.39, 0.29) is 37.0 Å². The van der Waals surface area contributed by atoms with Crippen LogP contribution in [0.1, 0.15) is 60.8 Å². The molecule has 0 aromatic rings. The van der Waals surface area contributed by atoms with Gasteiger partial charge in [-0.2, -0.15) is 8.42 Å². The Morgan fingerprint density at radius 2 is 1.68 bits per heavy atom. The molecule has 0 fully saturated rings. The number of allylic oxidation sites excluding steroid dienone is 11. The number of carbonyl (C=O) groups excluding carboxylic acids is 3. The molecule has 0 bridgehead atoms. The van der Waals surface area contributed by atoms with Gasteiger partial charge < -0.3 is 24.8 Å². The number of nitrogens with one attached hydrogen (secondary N) is 2. The van der Waals surface area contributed by atoms with Crippen LogP contribution >= 0.6 is 0 Å². The third-order valence-electron chi connectivity index (χ3n) is 8.08. The average molecular weight is 759 g/mol. The molecule has 12 nitrogen and oxygen atoms in total. The van der Waals surface area contributed by atoms with E-state index < -0.39 is 41.0 Å². The Labute approximate surface area is 316 Å². The standard InChI is InChI=1S/C40H58N2O10S/c1-29-13-11-17-35(49-7)16-10-9-15-33(5)39(52-38(44)24-22-30(2)19-20-31(3)25-36(50-8)18-12-14-29)34(6)23-21-32(4)26-41-40(45)37(42-28-43)27-51-53(46,47)48/h9-10,12-16,19-25,28,30,33,35-37,39H,11,17-18,26-27H2,1-8H3,(H,41,45)(H,42,43)(H,46,47,48)/b14-12+,15-9+,16-10+,20-19+,24-22-,29-13+,31-25+,32-21+,34-23+/t30-,33+,35+,36+,37+,39+/m1/s1. The predicted molar refractivity (Wildman–Crippen MR) is 208 cm³/mol. The maximum Gasteiger partial charge on any atom is 0.397 e. The largest absolute Gasteiger partial charge is 0.454 e. The molecule has 0 aromatic heterocycles. The monoisotopic (exact) mass is 758 g/mol. The lowest BCUT2D eigenvalue weighted by Crippen LogP contribution is -2.47. The fraction of sp³-hybridized carbons (Fsp3) is 0.475. The summed E-state index contributed by atoms with van der Waals surface area (Å²) in [7, 11) is -1.43. The van der Waals surface area contributed by atoms with Crippen molar-refractivity contribution in [1.29, 1.82) is 0 Å². The Balaban J connectivity index is 3.30. The molecule has 0 aromatic carbocycles. The van der Waals surface area contributed by atoms with Crippen molar-refractivity contribution in [1.82, 2.24) is 10.6 Å². The van der Waals surface area contributed by atoms with E-state index in [0.29, 0.717) is 5.57 Å². The summed E-state index contributed by atoms with van der Waals surface area (Å²) in [4.78, 5) is 36.5. The second kappa shape index (κ2) is 25.8. The molecule has 0 spiro atoms. The fourth-order valence-electron chi connectivity index (χ4n) is 4.92. The van der Waals surface area contributed by atoms with Crippen molar-refractivity contribution in [3.63, 3.8) is 0 Å². The second-order valence-electron chi connectivity index (χ2n) is 12.9. The lowest BCUT2D eigenvalue weighted by Gasteiger charge is -2.22. The Bertz CT molecular complexity index is 1570. The molecule has 0 unspecified atom stereocenters. The number of hydrogen-bond acceptors (Lipinski definition) is 9. The van der Waals surface area contributed by atoms with Gasteiger partial charge >= 0.3 is 16.4 Å². The van der Waals surface area contributed by atoms with Crippen LogP contribution in [0.2, 0.25) is 0 Å². The fourth-order valence-corrected chi connectivity index (χ4v) is 5.23. The van der Waals surface area contributed by atoms with Crippen LogP contribution < -0.4 is 10.6 Å². The minimum atomic E-state index is -4.80. The number of ether oxygens (including phenoxy) is 3. The van der Waals surface area contributed by atoms with E-state index in [1.807, 2.05) is 64.2 Å². The van der Waals surface area contributed by atoms with Gasteiger partial charge in [0, 0.05) is 32.8 Å². The molecular formula is C40H58N2O10S. The first-order valence-corrected chi connectivity index (χ1v) is 18.9. The summed E-state index contributed by atoms with van der Waals surface area (Å²) in [5.41, 5.74) is 3.66. The summed E-state index contributed by atoms with van der Waals surface area (Å²) in [6.45, 7) is 10.9. The van der Waals surface area contributed by atoms with E-state index in [4.69, 9.17) is 18.8 Å². The normalized spacial score (nSPS) is 29.0. The summed E-state index contributed by atoms with van der Waals surface area (Å²) in [6.07, 6.45) is 28.9. The van der Waals surface area contributed by atoms with Gasteiger partial charge in [-0.05, 0) is 58.4 Å². The highest BCUT2D eigenvalue weighted by molar-refractivity contribution is 7.80. The van der Waals surface area contributed by atoms with E-state index in [0.717, 1.165) is 30.4 Å². The third-order valence-corrected chi connectivity index (χ3v) is 8.52. The van der Waals surface area contributed by atoms with Crippen LogP contribution in [-0.4, -0.2) is 83.0 Å². The molecule has 0 aliphatic carbocycles. The van der Waals surface area contributed by atoms with E-state index in [1.54, 1.807) is 39.4 Å². The van der Waals surface area contributed by atoms with Crippen LogP contribution in [0, 0.1) is 11.8 Å². The molecule has 1 aliphatic rings. The molecule has 53 heavy (non-hydrogen) atoms. The minimum absolute atomic E-state index is 0.0434. The van der Waals surface area contributed by atoms with Gasteiger partial charge in [0.15, 0.2) is 0 Å². The molecule has 1 rings (SSSR count). The topological polar surface area (TPSA) is 167 Å². The van der Waals surface area contributed by atoms with Gasteiger partial charge in [0.1, 0.15) is 12.1 Å². The molecule has 0 radical (unpaired) electrons. The summed E-state index contributed by atoms with van der Waals surface area (Å²) >= 11 is 0. The molecular weight excluding hydrogens is 701 g/mol. The molecule has 1 aliphatic heterocycles. The van der Waals surface area contributed by atoms with Crippen LogP contribution in [-0.2, 0) is 43.2 Å². The van der Waals surface area contributed by atoms with Gasteiger partial charge in [-0.3, -0.25) is 14.1 Å². The zero-order valence-electron chi connectivity index (χ0n) is 32.2. The zero-order valence-corrected chi connectivity index (χ0v) is 33.0. The first kappa shape index (κ1) is 46.9. The Morgan fingerprint density at radius 3 is 2.34 bits per heavy atom. The Hall–Kier alpha value is -4.14. The smallest absolute Gasteiger partial charge is 0.397 e. The Morgan fingerprint density at radius 1 is 1.00 bits per heavy atom. The van der Waals surface area contributed by atoms with Gasteiger partial charge in [-0.15, -0.1) is 0 Å². The van der Waals surface area contributed by atoms with E-state index in [2.05, 4.69) is 46.0 Å². The number of esters is 1. The number of carbonyl (C=O) groups is 3. The van der Waals surface area contributed by atoms with Gasteiger partial charge in [0.2, 0.25) is 12.3 Å². The number of amides is 2. The SMILES string of the molecule is CO[C@@H]1/C=C(C)/C=C/[C@@H](C)/C=C\C(=O)O[C@H](/C(C)=C/C=C(\C)CNC(=O)[C@H](COS(=O)(=O)O)NC=O)[C@@H](C)/C=C/C=C/[C@H](OC)CC/C=C(C)/C=C/C1. The lowest BCUT2D eigenvalue weighted by atomic mass is 9.96. The van der Waals surface area contributed by atoms with Gasteiger partial charge in [-0.25, -0.2) is 8.98 Å². The summed E-state index contributed by atoms with van der Waals surface area (Å²) < 4.78 is 52.1. The molecule has 1 heterocycles. The zero-order chi connectivity index (χ0) is 39.8. The number of cyclic esters (lactones) is 1. The van der Waals surface area contributed by atoms with Gasteiger partial charge in [-0.1, -0.05) is 110 Å². The van der Waals surface area contributed by atoms with Crippen LogP contribution in [0.4, 0.5) is 0 Å². The van der Waals surface area contributed by atoms with E-state index >= 15 is 0 Å². The average Bonchev–Trinajstić information content (AvgIpc) is 3.11. The van der Waals surface area contributed by atoms with Crippen molar-refractivity contribution in [3.05, 3.63) is 107 Å². The second-order valence-corrected chi connectivity index (χ2v) is 14.0. The van der Waals surface area contributed by atoms with Crippen LogP contribution in [0.25, 0.3) is 0 Å². The highest BCUT2D eigenvalue weighted by Gasteiger charge is 2.22. The maximum atomic E-state index is 13.1. The van der Waals surface area contributed by atoms with Crippen molar-refractivity contribution in [2.24, 2.45) is 11.8 Å². The number of rotatable bonds is 12. The molecule has 2 amide bonds. The van der Waals surface area contributed by atoms with Gasteiger partial charge in [0.25, 0.3) is 0 Å². The molecule has 0 saturated carbocycles. The van der Waals surface area contributed by atoms with E-state index in [9.17, 15) is 22.8 Å². The quantitative estimate of drug-likeness (QED) is 0.0930. The van der Waals surface area contributed by atoms with E-state index in [1.165, 1.54) is 11.6 Å². The van der Waals surface area contributed by atoms with Crippen LogP contribution in [0.15, 0.2) is 107 Å². The summed E-state index contributed by atoms with van der Waals surface area (Å²) in [6, 6.07) is -1.35. The molecule has 3 N–H and O–H groups in total. The number of methoxy groups -OCH3 is 2. The predicted octanol–water partition coefficient (Wildman–Crippen LogP) is 6.00. The summed E-state index contributed by atoms with van der Waals surface area (Å²) in [5, 5.41) is 4.73. The van der Waals surface area contributed by atoms with Crippen LogP contribution in [0.3, 0.4) is 0 Å². The maximum absolute atomic E-state index is 13.1. The van der Waals surface area contributed by atoms with Gasteiger partial charge in [0.05, 0.1) is 18.8 Å². The minimum Gasteiger partial charge on any atom is -0.454 e. The van der Waals surface area contributed by atoms with Crippen LogP contribution in [0.5, 0.6) is 0 Å². The van der Waals surface area contributed by atoms with Crippen molar-refractivity contribution in [2.45, 2.75) is 85.2 Å². The van der Waals surface area contributed by atoms with Crippen molar-refractivity contribution in [3.8, 4) is 0 Å². The first-order valence-electron chi connectivity index (χ1n) is 17.5.